The number of rotatable bonds is 3. The van der Waals surface area contributed by atoms with E-state index in [9.17, 15) is 9.59 Å². The molecule has 0 saturated heterocycles. The fraction of sp³-hybridized carbons (Fsp3) is 0.200. The third-order valence-electron chi connectivity index (χ3n) is 3.24. The highest BCUT2D eigenvalue weighted by molar-refractivity contribution is 5.98. The number of benzene rings is 1. The highest BCUT2D eigenvalue weighted by atomic mass is 16.5. The van der Waals surface area contributed by atoms with Crippen LogP contribution in [0.3, 0.4) is 0 Å². The molecule has 0 bridgehead atoms. The minimum Gasteiger partial charge on any atom is -0.457 e. The van der Waals surface area contributed by atoms with E-state index in [-0.39, 0.29) is 18.3 Å². The Balaban J connectivity index is 1.62. The van der Waals surface area contributed by atoms with E-state index in [1.54, 1.807) is 11.0 Å². The Morgan fingerprint density at radius 3 is 2.85 bits per heavy atom. The van der Waals surface area contributed by atoms with Gasteiger partial charge in [0, 0.05) is 12.2 Å². The first-order valence-corrected chi connectivity index (χ1v) is 6.34. The molecule has 0 unspecified atom stereocenters. The molecule has 5 nitrogen and oxygen atoms in total. The van der Waals surface area contributed by atoms with Gasteiger partial charge in [0.2, 0.25) is 5.76 Å². The average molecular weight is 271 g/mol. The number of carbonyl (C=O) groups excluding carboxylic acids is 2. The van der Waals surface area contributed by atoms with Crippen molar-refractivity contribution >= 4 is 17.6 Å². The second-order valence-electron chi connectivity index (χ2n) is 4.48. The molecule has 0 radical (unpaired) electrons. The minimum absolute atomic E-state index is 0.0969. The SMILES string of the molecule is O=C(OCC(=O)N1CCc2ccccc21)c1ccco1. The number of hydrogen-bond donors (Lipinski definition) is 0. The number of esters is 1. The van der Waals surface area contributed by atoms with Crippen LogP contribution < -0.4 is 4.90 Å². The first-order valence-electron chi connectivity index (χ1n) is 6.34. The molecule has 5 heteroatoms. The van der Waals surface area contributed by atoms with Crippen molar-refractivity contribution in [2.24, 2.45) is 0 Å². The van der Waals surface area contributed by atoms with Gasteiger partial charge in [-0.1, -0.05) is 18.2 Å². The van der Waals surface area contributed by atoms with Crippen LogP contribution in [0, 0.1) is 0 Å². The third kappa shape index (κ3) is 2.30. The maximum atomic E-state index is 12.1. The van der Waals surface area contributed by atoms with Gasteiger partial charge >= 0.3 is 5.97 Å². The summed E-state index contributed by atoms with van der Waals surface area (Å²) in [5, 5.41) is 0. The van der Waals surface area contributed by atoms with Gasteiger partial charge in [-0.2, -0.15) is 0 Å². The number of para-hydroxylation sites is 1. The number of carbonyl (C=O) groups is 2. The van der Waals surface area contributed by atoms with Crippen LogP contribution in [0.4, 0.5) is 5.69 Å². The summed E-state index contributed by atoms with van der Waals surface area (Å²) >= 11 is 0. The normalized spacial score (nSPS) is 13.1. The third-order valence-corrected chi connectivity index (χ3v) is 3.24. The van der Waals surface area contributed by atoms with Crippen LogP contribution in [0.25, 0.3) is 0 Å². The summed E-state index contributed by atoms with van der Waals surface area (Å²) in [5.41, 5.74) is 2.03. The Morgan fingerprint density at radius 1 is 1.20 bits per heavy atom. The lowest BCUT2D eigenvalue weighted by molar-refractivity contribution is -0.121. The summed E-state index contributed by atoms with van der Waals surface area (Å²) in [6.07, 6.45) is 2.21. The van der Waals surface area contributed by atoms with E-state index < -0.39 is 5.97 Å². The number of ether oxygens (including phenoxy) is 1. The van der Waals surface area contributed by atoms with Gasteiger partial charge in [-0.05, 0) is 30.2 Å². The van der Waals surface area contributed by atoms with Crippen LogP contribution >= 0.6 is 0 Å². The van der Waals surface area contributed by atoms with Crippen molar-refractivity contribution in [2.45, 2.75) is 6.42 Å². The summed E-state index contributed by atoms with van der Waals surface area (Å²) in [6.45, 7) is 0.338. The minimum atomic E-state index is -0.629. The zero-order valence-corrected chi connectivity index (χ0v) is 10.7. The summed E-state index contributed by atoms with van der Waals surface area (Å²) in [5.74, 6) is -0.759. The van der Waals surface area contributed by atoms with Crippen LogP contribution in [0.2, 0.25) is 0 Å². The summed E-state index contributed by atoms with van der Waals surface area (Å²) in [4.78, 5) is 25.3. The number of furan rings is 1. The second-order valence-corrected chi connectivity index (χ2v) is 4.48. The molecule has 0 saturated carbocycles. The Labute approximate surface area is 115 Å². The molecule has 3 rings (SSSR count). The maximum absolute atomic E-state index is 12.1. The quantitative estimate of drug-likeness (QED) is 0.801. The van der Waals surface area contributed by atoms with E-state index in [2.05, 4.69) is 0 Å². The molecule has 2 heterocycles. The van der Waals surface area contributed by atoms with Crippen LogP contribution in [-0.4, -0.2) is 25.0 Å². The standard InChI is InChI=1S/C15H13NO4/c17-14(10-20-15(18)13-6-3-9-19-13)16-8-7-11-4-1-2-5-12(11)16/h1-6,9H,7-8,10H2. The van der Waals surface area contributed by atoms with Crippen molar-refractivity contribution in [1.82, 2.24) is 0 Å². The molecule has 2 aromatic rings. The van der Waals surface area contributed by atoms with E-state index in [0.29, 0.717) is 6.54 Å². The molecule has 0 aliphatic carbocycles. The Kier molecular flexibility index (Phi) is 3.25. The number of amides is 1. The topological polar surface area (TPSA) is 59.8 Å². The van der Waals surface area contributed by atoms with Crippen LogP contribution in [0.1, 0.15) is 16.1 Å². The van der Waals surface area contributed by atoms with Gasteiger partial charge in [-0.15, -0.1) is 0 Å². The maximum Gasteiger partial charge on any atom is 0.374 e. The molecule has 1 aliphatic heterocycles. The highest BCUT2D eigenvalue weighted by Crippen LogP contribution is 2.27. The molecule has 20 heavy (non-hydrogen) atoms. The zero-order chi connectivity index (χ0) is 13.9. The Bertz CT molecular complexity index is 633. The van der Waals surface area contributed by atoms with Crippen molar-refractivity contribution in [3.05, 3.63) is 54.0 Å². The molecule has 102 valence electrons. The number of anilines is 1. The molecule has 0 spiro atoms. The van der Waals surface area contributed by atoms with E-state index in [0.717, 1.165) is 17.7 Å². The Morgan fingerprint density at radius 2 is 2.05 bits per heavy atom. The van der Waals surface area contributed by atoms with Crippen LogP contribution in [0.5, 0.6) is 0 Å². The van der Waals surface area contributed by atoms with Gasteiger partial charge in [0.25, 0.3) is 5.91 Å². The lowest BCUT2D eigenvalue weighted by atomic mass is 10.2. The molecular formula is C15H13NO4. The zero-order valence-electron chi connectivity index (χ0n) is 10.7. The molecule has 1 amide bonds. The molecular weight excluding hydrogens is 258 g/mol. The second kappa shape index (κ2) is 5.21. The van der Waals surface area contributed by atoms with Crippen molar-refractivity contribution in [1.29, 1.82) is 0 Å². The molecule has 1 aliphatic rings. The van der Waals surface area contributed by atoms with Crippen molar-refractivity contribution in [3.63, 3.8) is 0 Å². The molecule has 0 N–H and O–H groups in total. The van der Waals surface area contributed by atoms with Gasteiger partial charge < -0.3 is 14.1 Å². The van der Waals surface area contributed by atoms with E-state index >= 15 is 0 Å². The highest BCUT2D eigenvalue weighted by Gasteiger charge is 2.25. The predicted molar refractivity (Wildman–Crippen MR) is 71.5 cm³/mol. The fourth-order valence-electron chi connectivity index (χ4n) is 2.27. The molecule has 1 aromatic carbocycles. The van der Waals surface area contributed by atoms with Crippen molar-refractivity contribution in [2.75, 3.05) is 18.1 Å². The first kappa shape index (κ1) is 12.5. The number of nitrogens with zero attached hydrogens (tertiary/aromatic N) is 1. The van der Waals surface area contributed by atoms with Crippen molar-refractivity contribution in [3.8, 4) is 0 Å². The lowest BCUT2D eigenvalue weighted by Gasteiger charge is -2.16. The number of hydrogen-bond acceptors (Lipinski definition) is 4. The average Bonchev–Trinajstić information content (AvgIpc) is 3.13. The molecule has 0 atom stereocenters. The van der Waals surface area contributed by atoms with E-state index in [1.165, 1.54) is 12.3 Å². The van der Waals surface area contributed by atoms with Crippen molar-refractivity contribution < 1.29 is 18.7 Å². The lowest BCUT2D eigenvalue weighted by Crippen LogP contribution is -2.33. The van der Waals surface area contributed by atoms with Gasteiger partial charge in [0.1, 0.15) is 0 Å². The number of fused-ring (bicyclic) bond motifs is 1. The smallest absolute Gasteiger partial charge is 0.374 e. The summed E-state index contributed by atoms with van der Waals surface area (Å²) in [7, 11) is 0. The largest absolute Gasteiger partial charge is 0.457 e. The van der Waals surface area contributed by atoms with E-state index in [4.69, 9.17) is 9.15 Å². The van der Waals surface area contributed by atoms with Gasteiger partial charge in [0.05, 0.1) is 6.26 Å². The van der Waals surface area contributed by atoms with Gasteiger partial charge in [-0.25, -0.2) is 4.79 Å². The van der Waals surface area contributed by atoms with E-state index in [1.807, 2.05) is 24.3 Å². The van der Waals surface area contributed by atoms with Crippen LogP contribution in [0.15, 0.2) is 47.1 Å². The Hall–Kier alpha value is -2.56. The summed E-state index contributed by atoms with van der Waals surface area (Å²) in [6, 6.07) is 10.8. The predicted octanol–water partition coefficient (Wildman–Crippen LogP) is 2.03. The molecule has 1 aromatic heterocycles. The fourth-order valence-corrected chi connectivity index (χ4v) is 2.27. The summed E-state index contributed by atoms with van der Waals surface area (Å²) < 4.78 is 9.86. The first-order chi connectivity index (χ1) is 9.75. The monoisotopic (exact) mass is 271 g/mol. The van der Waals surface area contributed by atoms with Gasteiger partial charge in [-0.3, -0.25) is 4.79 Å². The van der Waals surface area contributed by atoms with Crippen LogP contribution in [-0.2, 0) is 16.0 Å². The van der Waals surface area contributed by atoms with Gasteiger partial charge in [0.15, 0.2) is 6.61 Å². The molecule has 0 fully saturated rings.